The van der Waals surface area contributed by atoms with E-state index in [0.717, 1.165) is 17.7 Å². The number of hydrogen-bond acceptors (Lipinski definition) is 6. The van der Waals surface area contributed by atoms with Gasteiger partial charge in [-0.1, -0.05) is 71.9 Å². The van der Waals surface area contributed by atoms with Gasteiger partial charge >= 0.3 is 0 Å². The number of carbonyl (C=O) groups excluding carboxylic acids is 1. The Kier molecular flexibility index (Phi) is 7.49. The van der Waals surface area contributed by atoms with Crippen molar-refractivity contribution in [3.63, 3.8) is 0 Å². The molecule has 0 saturated heterocycles. The lowest BCUT2D eigenvalue weighted by Crippen LogP contribution is -2.18. The number of thioether (sulfide) groups is 1. The number of nitrogens with zero attached hydrogens (tertiary/aromatic N) is 3. The summed E-state index contributed by atoms with van der Waals surface area (Å²) in [5.74, 6) is 7.16. The maximum atomic E-state index is 12.6. The van der Waals surface area contributed by atoms with Crippen LogP contribution in [0.2, 0.25) is 5.02 Å². The van der Waals surface area contributed by atoms with Crippen molar-refractivity contribution in [2.24, 2.45) is 0 Å². The normalized spacial score (nSPS) is 10.7. The molecule has 3 N–H and O–H groups in total. The highest BCUT2D eigenvalue weighted by molar-refractivity contribution is 7.99. The van der Waals surface area contributed by atoms with Crippen LogP contribution >= 0.6 is 23.4 Å². The van der Waals surface area contributed by atoms with Crippen LogP contribution in [0.15, 0.2) is 84.0 Å². The highest BCUT2D eigenvalue weighted by atomic mass is 35.5. The van der Waals surface area contributed by atoms with Crippen molar-refractivity contribution >= 4 is 35.0 Å². The van der Waals surface area contributed by atoms with Crippen LogP contribution in [0.25, 0.3) is 0 Å². The molecule has 33 heavy (non-hydrogen) atoms. The van der Waals surface area contributed by atoms with E-state index < -0.39 is 0 Å². The standard InChI is InChI=1S/C24H22ClN5O2S/c25-19-10-12-20(13-11-19)32-15-22-28-29-24(30(22)26)33-16-23(31)27-21-9-5-4-8-18(21)14-17-6-2-1-3-7-17/h1-13H,14-16,26H2,(H,27,31). The van der Waals surface area contributed by atoms with Gasteiger partial charge in [0.1, 0.15) is 12.4 Å². The van der Waals surface area contributed by atoms with Gasteiger partial charge in [-0.05, 0) is 47.9 Å². The fraction of sp³-hybridized carbons (Fsp3) is 0.125. The topological polar surface area (TPSA) is 95.1 Å². The van der Waals surface area contributed by atoms with Gasteiger partial charge in [-0.2, -0.15) is 0 Å². The van der Waals surface area contributed by atoms with Crippen molar-refractivity contribution in [3.05, 3.63) is 101 Å². The molecule has 7 nitrogen and oxygen atoms in total. The van der Waals surface area contributed by atoms with Gasteiger partial charge in [-0.3, -0.25) is 4.79 Å². The van der Waals surface area contributed by atoms with Crippen molar-refractivity contribution in [2.75, 3.05) is 16.9 Å². The second-order valence-electron chi connectivity index (χ2n) is 7.17. The molecule has 0 fully saturated rings. The second kappa shape index (κ2) is 10.9. The number of halogens is 1. The summed E-state index contributed by atoms with van der Waals surface area (Å²) in [5, 5.41) is 12.2. The van der Waals surface area contributed by atoms with Crippen LogP contribution in [0.1, 0.15) is 17.0 Å². The maximum absolute atomic E-state index is 12.6. The molecular weight excluding hydrogens is 458 g/mol. The molecule has 9 heteroatoms. The van der Waals surface area contributed by atoms with Crippen LogP contribution in [-0.2, 0) is 17.8 Å². The summed E-state index contributed by atoms with van der Waals surface area (Å²) in [6.45, 7) is 0.144. The zero-order chi connectivity index (χ0) is 23.0. The monoisotopic (exact) mass is 479 g/mol. The molecule has 0 aliphatic heterocycles. The van der Waals surface area contributed by atoms with E-state index >= 15 is 0 Å². The Hall–Kier alpha value is -3.49. The Morgan fingerprint density at radius 1 is 1.00 bits per heavy atom. The first-order valence-corrected chi connectivity index (χ1v) is 11.6. The zero-order valence-corrected chi connectivity index (χ0v) is 19.2. The number of benzene rings is 3. The number of aromatic nitrogens is 3. The molecule has 3 aromatic carbocycles. The molecule has 1 heterocycles. The molecule has 1 amide bonds. The molecule has 0 spiro atoms. The Morgan fingerprint density at radius 3 is 2.52 bits per heavy atom. The molecule has 4 aromatic rings. The quantitative estimate of drug-likeness (QED) is 0.270. The van der Waals surface area contributed by atoms with Crippen LogP contribution in [0.5, 0.6) is 5.75 Å². The Morgan fingerprint density at radius 2 is 1.73 bits per heavy atom. The average molecular weight is 480 g/mol. The van der Waals surface area contributed by atoms with Crippen LogP contribution in [-0.4, -0.2) is 26.5 Å². The molecular formula is C24H22ClN5O2S. The molecule has 4 rings (SSSR count). The summed E-state index contributed by atoms with van der Waals surface area (Å²) >= 11 is 7.08. The maximum Gasteiger partial charge on any atom is 0.234 e. The van der Waals surface area contributed by atoms with Crippen molar-refractivity contribution in [1.82, 2.24) is 14.9 Å². The summed E-state index contributed by atoms with van der Waals surface area (Å²) in [6.07, 6.45) is 0.735. The lowest BCUT2D eigenvalue weighted by atomic mass is 10.0. The molecule has 0 unspecified atom stereocenters. The van der Waals surface area contributed by atoms with Crippen molar-refractivity contribution in [1.29, 1.82) is 0 Å². The second-order valence-corrected chi connectivity index (χ2v) is 8.55. The molecule has 0 aliphatic carbocycles. The minimum Gasteiger partial charge on any atom is -0.486 e. The molecule has 1 aromatic heterocycles. The van der Waals surface area contributed by atoms with Gasteiger partial charge in [0.15, 0.2) is 5.82 Å². The summed E-state index contributed by atoms with van der Waals surface area (Å²) in [7, 11) is 0. The first kappa shape index (κ1) is 22.7. The smallest absolute Gasteiger partial charge is 0.234 e. The number of carbonyl (C=O) groups is 1. The number of para-hydroxylation sites is 1. The van der Waals surface area contributed by atoms with Crippen LogP contribution in [0.3, 0.4) is 0 Å². The molecule has 0 bridgehead atoms. The lowest BCUT2D eigenvalue weighted by molar-refractivity contribution is -0.113. The number of nitrogens with two attached hydrogens (primary N) is 1. The van der Waals surface area contributed by atoms with Crippen LogP contribution in [0.4, 0.5) is 5.69 Å². The summed E-state index contributed by atoms with van der Waals surface area (Å²) < 4.78 is 6.99. The largest absolute Gasteiger partial charge is 0.486 e. The fourth-order valence-corrected chi connectivity index (χ4v) is 3.91. The van der Waals surface area contributed by atoms with E-state index in [-0.39, 0.29) is 18.3 Å². The Bertz CT molecular complexity index is 1220. The summed E-state index contributed by atoms with van der Waals surface area (Å²) in [6, 6.07) is 24.9. The Labute approximate surface area is 200 Å². The predicted octanol–water partition coefficient (Wildman–Crippen LogP) is 4.55. The summed E-state index contributed by atoms with van der Waals surface area (Å²) in [5.41, 5.74) is 3.02. The lowest BCUT2D eigenvalue weighted by Gasteiger charge is -2.11. The van der Waals surface area contributed by atoms with Gasteiger partial charge in [0, 0.05) is 10.7 Å². The van der Waals surface area contributed by atoms with Crippen LogP contribution < -0.4 is 15.9 Å². The SMILES string of the molecule is Nn1c(COc2ccc(Cl)cc2)nnc1SCC(=O)Nc1ccccc1Cc1ccccc1. The number of nitrogen functional groups attached to an aromatic ring is 1. The number of anilines is 1. The molecule has 0 atom stereocenters. The minimum absolute atomic E-state index is 0.144. The first-order valence-electron chi connectivity index (χ1n) is 10.2. The van der Waals surface area contributed by atoms with E-state index in [9.17, 15) is 4.79 Å². The van der Waals surface area contributed by atoms with Gasteiger partial charge in [-0.15, -0.1) is 10.2 Å². The van der Waals surface area contributed by atoms with Gasteiger partial charge in [0.2, 0.25) is 11.1 Å². The third kappa shape index (κ3) is 6.27. The number of hydrogen-bond donors (Lipinski definition) is 2. The van der Waals surface area contributed by atoms with E-state index in [2.05, 4.69) is 27.6 Å². The summed E-state index contributed by atoms with van der Waals surface area (Å²) in [4.78, 5) is 12.6. The van der Waals surface area contributed by atoms with E-state index in [1.165, 1.54) is 22.0 Å². The average Bonchev–Trinajstić information content (AvgIpc) is 3.18. The number of amides is 1. The Balaban J connectivity index is 1.32. The van der Waals surface area contributed by atoms with Crippen molar-refractivity contribution in [3.8, 4) is 5.75 Å². The number of ether oxygens (including phenoxy) is 1. The van der Waals surface area contributed by atoms with Gasteiger partial charge in [-0.25, -0.2) is 4.68 Å². The molecule has 0 radical (unpaired) electrons. The van der Waals surface area contributed by atoms with Gasteiger partial charge in [0.05, 0.1) is 5.75 Å². The van der Waals surface area contributed by atoms with Crippen molar-refractivity contribution in [2.45, 2.75) is 18.2 Å². The molecule has 168 valence electrons. The first-order chi connectivity index (χ1) is 16.1. The highest BCUT2D eigenvalue weighted by Crippen LogP contribution is 2.21. The van der Waals surface area contributed by atoms with E-state index in [4.69, 9.17) is 22.2 Å². The highest BCUT2D eigenvalue weighted by Gasteiger charge is 2.14. The van der Waals surface area contributed by atoms with Crippen LogP contribution in [0, 0.1) is 0 Å². The molecule has 0 aliphatic rings. The minimum atomic E-state index is -0.150. The van der Waals surface area contributed by atoms with Gasteiger partial charge < -0.3 is 15.9 Å². The van der Waals surface area contributed by atoms with Gasteiger partial charge in [0.25, 0.3) is 0 Å². The van der Waals surface area contributed by atoms with E-state index in [1.807, 2.05) is 42.5 Å². The zero-order valence-electron chi connectivity index (χ0n) is 17.6. The predicted molar refractivity (Wildman–Crippen MR) is 131 cm³/mol. The third-order valence-corrected chi connectivity index (χ3v) is 5.97. The number of rotatable bonds is 9. The van der Waals surface area contributed by atoms with E-state index in [0.29, 0.717) is 21.8 Å². The third-order valence-electron chi connectivity index (χ3n) is 4.78. The fourth-order valence-electron chi connectivity index (χ4n) is 3.11. The number of nitrogens with one attached hydrogen (secondary N) is 1. The molecule has 0 saturated carbocycles. The van der Waals surface area contributed by atoms with Crippen molar-refractivity contribution < 1.29 is 9.53 Å². The van der Waals surface area contributed by atoms with E-state index in [1.54, 1.807) is 24.3 Å².